The lowest BCUT2D eigenvalue weighted by Gasteiger charge is -2.14. The summed E-state index contributed by atoms with van der Waals surface area (Å²) < 4.78 is 36.6. The number of hydrogen-bond acceptors (Lipinski definition) is 3. The first-order valence-electron chi connectivity index (χ1n) is 5.96. The summed E-state index contributed by atoms with van der Waals surface area (Å²) in [4.78, 5) is 4.30. The van der Waals surface area contributed by atoms with Crippen LogP contribution in [-0.2, 0) is 0 Å². The van der Waals surface area contributed by atoms with Gasteiger partial charge in [-0.3, -0.25) is 10.3 Å². The van der Waals surface area contributed by atoms with Gasteiger partial charge in [0.2, 0.25) is 0 Å². The number of pyridine rings is 1. The lowest BCUT2D eigenvalue weighted by atomic mass is 10.0. The van der Waals surface area contributed by atoms with E-state index >= 15 is 0 Å². The molecular formula is C14H12F3N3. The molecule has 2 aromatic rings. The summed E-state index contributed by atoms with van der Waals surface area (Å²) >= 11 is 0. The molecule has 0 bridgehead atoms. The third kappa shape index (κ3) is 3.45. The number of hydrogen-bond donors (Lipinski definition) is 1. The Bertz CT molecular complexity index is 659. The van der Waals surface area contributed by atoms with E-state index < -0.39 is 18.8 Å². The Morgan fingerprint density at radius 3 is 2.70 bits per heavy atom. The summed E-state index contributed by atoms with van der Waals surface area (Å²) in [6.07, 6.45) is -4.34. The maximum Gasteiger partial charge on any atom is 0.401 e. The van der Waals surface area contributed by atoms with Crippen LogP contribution in [0.4, 0.5) is 13.2 Å². The molecule has 1 atom stereocenters. The number of benzene rings is 1. The van der Waals surface area contributed by atoms with Crippen molar-refractivity contribution in [2.75, 3.05) is 6.54 Å². The molecule has 1 aromatic carbocycles. The number of aryl methyl sites for hydroxylation is 1. The number of alkyl halides is 3. The first-order valence-corrected chi connectivity index (χ1v) is 5.96. The number of rotatable bonds is 3. The molecule has 0 spiro atoms. The molecule has 0 amide bonds. The molecule has 0 aliphatic heterocycles. The zero-order valence-corrected chi connectivity index (χ0v) is 10.7. The average Bonchev–Trinajstić information content (AvgIpc) is 2.38. The third-order valence-corrected chi connectivity index (χ3v) is 2.82. The summed E-state index contributed by atoms with van der Waals surface area (Å²) in [5.74, 6) is 0. The quantitative estimate of drug-likeness (QED) is 0.938. The van der Waals surface area contributed by atoms with E-state index in [-0.39, 0.29) is 0 Å². The van der Waals surface area contributed by atoms with Gasteiger partial charge in [0, 0.05) is 11.1 Å². The molecule has 0 radical (unpaired) electrons. The highest BCUT2D eigenvalue weighted by molar-refractivity contribution is 5.79. The maximum atomic E-state index is 12.2. The van der Waals surface area contributed by atoms with E-state index in [0.29, 0.717) is 5.56 Å². The molecule has 20 heavy (non-hydrogen) atoms. The first kappa shape index (κ1) is 14.3. The van der Waals surface area contributed by atoms with E-state index in [4.69, 9.17) is 5.26 Å². The zero-order valence-electron chi connectivity index (χ0n) is 10.7. The number of nitriles is 1. The molecule has 2 rings (SSSR count). The fraction of sp³-hybridized carbons (Fsp3) is 0.286. The molecule has 0 aliphatic carbocycles. The fourth-order valence-corrected chi connectivity index (χ4v) is 1.88. The standard InChI is InChI=1S/C14H12F3N3/c1-9-2-3-10-6-11(4-5-12(10)20-9)13(7-18)19-8-14(15,16)17/h2-6,13,19H,8H2,1H3. The van der Waals surface area contributed by atoms with Gasteiger partial charge in [-0.15, -0.1) is 0 Å². The van der Waals surface area contributed by atoms with Crippen molar-refractivity contribution in [1.82, 2.24) is 10.3 Å². The van der Waals surface area contributed by atoms with Crippen LogP contribution in [0, 0.1) is 18.3 Å². The molecule has 0 aliphatic rings. The van der Waals surface area contributed by atoms with Gasteiger partial charge in [-0.1, -0.05) is 12.1 Å². The van der Waals surface area contributed by atoms with Crippen molar-refractivity contribution in [3.63, 3.8) is 0 Å². The Hall–Kier alpha value is -2.13. The lowest BCUT2D eigenvalue weighted by molar-refractivity contribution is -0.125. The molecule has 1 unspecified atom stereocenters. The van der Waals surface area contributed by atoms with Crippen molar-refractivity contribution in [3.05, 3.63) is 41.6 Å². The Morgan fingerprint density at radius 1 is 1.30 bits per heavy atom. The van der Waals surface area contributed by atoms with Gasteiger partial charge in [0.1, 0.15) is 6.04 Å². The summed E-state index contributed by atoms with van der Waals surface area (Å²) in [5.41, 5.74) is 2.11. The highest BCUT2D eigenvalue weighted by Gasteiger charge is 2.28. The minimum atomic E-state index is -4.34. The van der Waals surface area contributed by atoms with Gasteiger partial charge in [-0.25, -0.2) is 0 Å². The normalized spacial score (nSPS) is 13.2. The van der Waals surface area contributed by atoms with Crippen molar-refractivity contribution in [3.8, 4) is 6.07 Å². The number of nitrogens with zero attached hydrogens (tertiary/aromatic N) is 2. The van der Waals surface area contributed by atoms with Crippen molar-refractivity contribution in [1.29, 1.82) is 5.26 Å². The van der Waals surface area contributed by atoms with Gasteiger partial charge >= 0.3 is 6.18 Å². The Morgan fingerprint density at radius 2 is 2.05 bits per heavy atom. The fourth-order valence-electron chi connectivity index (χ4n) is 1.88. The zero-order chi connectivity index (χ0) is 14.8. The lowest BCUT2D eigenvalue weighted by Crippen LogP contribution is -2.31. The topological polar surface area (TPSA) is 48.7 Å². The van der Waals surface area contributed by atoms with Crippen LogP contribution >= 0.6 is 0 Å². The second-order valence-corrected chi connectivity index (χ2v) is 4.46. The Labute approximate surface area is 114 Å². The highest BCUT2D eigenvalue weighted by atomic mass is 19.4. The minimum absolute atomic E-state index is 0.495. The van der Waals surface area contributed by atoms with Gasteiger partial charge in [0.15, 0.2) is 0 Å². The van der Waals surface area contributed by atoms with Crippen LogP contribution in [0.25, 0.3) is 10.9 Å². The minimum Gasteiger partial charge on any atom is -0.290 e. The van der Waals surface area contributed by atoms with E-state index in [9.17, 15) is 13.2 Å². The van der Waals surface area contributed by atoms with Crippen molar-refractivity contribution in [2.45, 2.75) is 19.1 Å². The number of halogens is 3. The van der Waals surface area contributed by atoms with Gasteiger partial charge in [-0.2, -0.15) is 18.4 Å². The van der Waals surface area contributed by atoms with Gasteiger partial charge < -0.3 is 0 Å². The van der Waals surface area contributed by atoms with Crippen molar-refractivity contribution < 1.29 is 13.2 Å². The Kier molecular flexibility index (Phi) is 3.91. The largest absolute Gasteiger partial charge is 0.401 e. The van der Waals surface area contributed by atoms with E-state index in [1.54, 1.807) is 18.2 Å². The SMILES string of the molecule is Cc1ccc2cc(C(C#N)NCC(F)(F)F)ccc2n1. The number of fused-ring (bicyclic) bond motifs is 1. The van der Waals surface area contributed by atoms with Crippen molar-refractivity contribution in [2.24, 2.45) is 0 Å². The van der Waals surface area contributed by atoms with Crippen LogP contribution < -0.4 is 5.32 Å². The van der Waals surface area contributed by atoms with Crippen LogP contribution in [-0.4, -0.2) is 17.7 Å². The van der Waals surface area contributed by atoms with Gasteiger partial charge in [0.05, 0.1) is 18.1 Å². The average molecular weight is 279 g/mol. The molecule has 0 saturated carbocycles. The second-order valence-electron chi connectivity index (χ2n) is 4.46. The molecular weight excluding hydrogens is 267 g/mol. The predicted octanol–water partition coefficient (Wildman–Crippen LogP) is 3.26. The molecule has 6 heteroatoms. The third-order valence-electron chi connectivity index (χ3n) is 2.82. The van der Waals surface area contributed by atoms with E-state index in [1.165, 1.54) is 0 Å². The number of nitrogens with one attached hydrogen (secondary N) is 1. The molecule has 1 N–H and O–H groups in total. The maximum absolute atomic E-state index is 12.2. The molecule has 0 fully saturated rings. The van der Waals surface area contributed by atoms with Gasteiger partial charge in [0.25, 0.3) is 0 Å². The summed E-state index contributed by atoms with van der Waals surface area (Å²) in [7, 11) is 0. The summed E-state index contributed by atoms with van der Waals surface area (Å²) in [6, 6.07) is 9.49. The first-order chi connectivity index (χ1) is 9.39. The van der Waals surface area contributed by atoms with Crippen LogP contribution in [0.3, 0.4) is 0 Å². The smallest absolute Gasteiger partial charge is 0.290 e. The van der Waals surface area contributed by atoms with Crippen LogP contribution in [0.15, 0.2) is 30.3 Å². The molecule has 104 valence electrons. The van der Waals surface area contributed by atoms with E-state index in [1.807, 2.05) is 25.1 Å². The Balaban J connectivity index is 2.26. The van der Waals surface area contributed by atoms with E-state index in [2.05, 4.69) is 10.3 Å². The number of aromatic nitrogens is 1. The van der Waals surface area contributed by atoms with Crippen LogP contribution in [0.2, 0.25) is 0 Å². The second kappa shape index (κ2) is 5.47. The summed E-state index contributed by atoms with van der Waals surface area (Å²) in [5, 5.41) is 12.0. The monoisotopic (exact) mass is 279 g/mol. The highest BCUT2D eigenvalue weighted by Crippen LogP contribution is 2.21. The molecule has 3 nitrogen and oxygen atoms in total. The van der Waals surface area contributed by atoms with Gasteiger partial charge in [-0.05, 0) is 30.7 Å². The van der Waals surface area contributed by atoms with E-state index in [0.717, 1.165) is 16.6 Å². The van der Waals surface area contributed by atoms with Crippen LogP contribution in [0.1, 0.15) is 17.3 Å². The van der Waals surface area contributed by atoms with Crippen LogP contribution in [0.5, 0.6) is 0 Å². The molecule has 1 aromatic heterocycles. The predicted molar refractivity (Wildman–Crippen MR) is 68.9 cm³/mol. The summed E-state index contributed by atoms with van der Waals surface area (Å²) in [6.45, 7) is 0.658. The van der Waals surface area contributed by atoms with Crippen molar-refractivity contribution >= 4 is 10.9 Å². The molecule has 0 saturated heterocycles. The molecule has 1 heterocycles.